The van der Waals surface area contributed by atoms with Gasteiger partial charge in [-0.2, -0.15) is 0 Å². The molecular weight excluding hydrogens is 354 g/mol. The van der Waals surface area contributed by atoms with E-state index in [0.29, 0.717) is 12.1 Å². The molecule has 110 valence electrons. The summed E-state index contributed by atoms with van der Waals surface area (Å²) < 4.78 is 0.736. The maximum Gasteiger partial charge on any atom is 0.241 e. The molecule has 0 saturated carbocycles. The Bertz CT molecular complexity index is 622. The van der Waals surface area contributed by atoms with Crippen LogP contribution in [0.2, 0.25) is 5.15 Å². The third-order valence-electron chi connectivity index (χ3n) is 2.99. The van der Waals surface area contributed by atoms with E-state index in [4.69, 9.17) is 17.3 Å². The first-order chi connectivity index (χ1) is 10.1. The van der Waals surface area contributed by atoms with Crippen molar-refractivity contribution in [2.24, 2.45) is 5.73 Å². The van der Waals surface area contributed by atoms with Crippen LogP contribution in [-0.4, -0.2) is 16.9 Å². The third-order valence-corrected chi connectivity index (χ3v) is 3.72. The quantitative estimate of drug-likeness (QED) is 0.795. The molecule has 0 radical (unpaired) electrons. The molecule has 21 heavy (non-hydrogen) atoms. The number of benzene rings is 1. The van der Waals surface area contributed by atoms with E-state index >= 15 is 0 Å². The van der Waals surface area contributed by atoms with Crippen molar-refractivity contribution in [3.8, 4) is 0 Å². The lowest BCUT2D eigenvalue weighted by atomic mass is 10.1. The molecule has 0 fully saturated rings. The van der Waals surface area contributed by atoms with E-state index in [9.17, 15) is 4.79 Å². The molecule has 0 aliphatic rings. The number of halogens is 2. The second-order valence-corrected chi connectivity index (χ2v) is 5.89. The first-order valence-electron chi connectivity index (χ1n) is 6.47. The van der Waals surface area contributed by atoms with Crippen molar-refractivity contribution in [2.45, 2.75) is 18.9 Å². The summed E-state index contributed by atoms with van der Waals surface area (Å²) in [7, 11) is 0. The fourth-order valence-electron chi connectivity index (χ4n) is 1.83. The summed E-state index contributed by atoms with van der Waals surface area (Å²) in [5, 5.41) is 2.94. The van der Waals surface area contributed by atoms with Crippen molar-refractivity contribution in [2.75, 3.05) is 5.32 Å². The number of nitrogens with zero attached hydrogens (tertiary/aromatic N) is 1. The lowest BCUT2D eigenvalue weighted by molar-refractivity contribution is -0.117. The summed E-state index contributed by atoms with van der Waals surface area (Å²) in [6.07, 6.45) is 2.88. The van der Waals surface area contributed by atoms with Crippen molar-refractivity contribution < 1.29 is 4.79 Å². The highest BCUT2D eigenvalue weighted by Crippen LogP contribution is 2.23. The zero-order valence-electron chi connectivity index (χ0n) is 11.2. The molecule has 1 atom stereocenters. The number of nitrogens with two attached hydrogens (primary N) is 1. The van der Waals surface area contributed by atoms with Crippen LogP contribution in [0.15, 0.2) is 47.1 Å². The first kappa shape index (κ1) is 15.9. The number of aromatic nitrogens is 1. The van der Waals surface area contributed by atoms with Crippen molar-refractivity contribution in [1.29, 1.82) is 0 Å². The molecule has 1 aromatic carbocycles. The van der Waals surface area contributed by atoms with Gasteiger partial charge in [-0.25, -0.2) is 4.98 Å². The number of carbonyl (C=O) groups excluding carboxylic acids is 1. The topological polar surface area (TPSA) is 68.0 Å². The fraction of sp³-hybridized carbons (Fsp3) is 0.200. The van der Waals surface area contributed by atoms with Gasteiger partial charge < -0.3 is 11.1 Å². The molecule has 1 heterocycles. The molecule has 6 heteroatoms. The number of pyridine rings is 1. The fourth-order valence-corrected chi connectivity index (χ4v) is 2.32. The second-order valence-electron chi connectivity index (χ2n) is 4.61. The minimum atomic E-state index is -0.597. The standard InChI is InChI=1S/C15H15BrClN3O/c16-11-8-13(14(17)19-9-11)20-15(21)12(18)7-6-10-4-2-1-3-5-10/h1-5,8-9,12H,6-7,18H2,(H,20,21)/t12-/m0/s1. The lowest BCUT2D eigenvalue weighted by Crippen LogP contribution is -2.36. The van der Waals surface area contributed by atoms with E-state index in [1.807, 2.05) is 30.3 Å². The summed E-state index contributed by atoms with van der Waals surface area (Å²) in [6, 6.07) is 11.0. The second kappa shape index (κ2) is 7.54. The van der Waals surface area contributed by atoms with Gasteiger partial charge in [0.15, 0.2) is 5.15 Å². The number of hydrogen-bond donors (Lipinski definition) is 2. The average molecular weight is 369 g/mol. The van der Waals surface area contributed by atoms with E-state index in [0.717, 1.165) is 16.5 Å². The van der Waals surface area contributed by atoms with Gasteiger partial charge in [0.05, 0.1) is 11.7 Å². The molecule has 0 aliphatic heterocycles. The van der Waals surface area contributed by atoms with Gasteiger partial charge >= 0.3 is 0 Å². The highest BCUT2D eigenvalue weighted by atomic mass is 79.9. The van der Waals surface area contributed by atoms with Crippen LogP contribution in [0.25, 0.3) is 0 Å². The predicted octanol–water partition coefficient (Wildman–Crippen LogP) is 3.40. The van der Waals surface area contributed by atoms with Crippen LogP contribution >= 0.6 is 27.5 Å². The number of carbonyl (C=O) groups is 1. The van der Waals surface area contributed by atoms with E-state index in [1.54, 1.807) is 12.3 Å². The number of rotatable bonds is 5. The van der Waals surface area contributed by atoms with Crippen LogP contribution in [0.5, 0.6) is 0 Å². The van der Waals surface area contributed by atoms with E-state index in [2.05, 4.69) is 26.2 Å². The van der Waals surface area contributed by atoms with Gasteiger partial charge in [-0.3, -0.25) is 4.79 Å². The average Bonchev–Trinajstić information content (AvgIpc) is 2.49. The summed E-state index contributed by atoms with van der Waals surface area (Å²) >= 11 is 9.21. The zero-order chi connectivity index (χ0) is 15.2. The Hall–Kier alpha value is -1.43. The van der Waals surface area contributed by atoms with Crippen molar-refractivity contribution in [3.63, 3.8) is 0 Å². The molecule has 0 aliphatic carbocycles. The lowest BCUT2D eigenvalue weighted by Gasteiger charge is -2.13. The molecule has 1 aromatic heterocycles. The van der Waals surface area contributed by atoms with Gasteiger partial charge in [-0.15, -0.1) is 0 Å². The minimum absolute atomic E-state index is 0.238. The number of nitrogens with one attached hydrogen (secondary N) is 1. The van der Waals surface area contributed by atoms with Crippen molar-refractivity contribution in [1.82, 2.24) is 4.98 Å². The molecule has 2 aromatic rings. The summed E-state index contributed by atoms with van der Waals surface area (Å²) in [4.78, 5) is 16.0. The Balaban J connectivity index is 1.92. The largest absolute Gasteiger partial charge is 0.322 e. The zero-order valence-corrected chi connectivity index (χ0v) is 13.6. The van der Waals surface area contributed by atoms with Gasteiger partial charge in [0, 0.05) is 10.7 Å². The molecular formula is C15H15BrClN3O. The molecule has 0 bridgehead atoms. The number of amides is 1. The molecule has 0 spiro atoms. The molecule has 2 rings (SSSR count). The molecule has 3 N–H and O–H groups in total. The third kappa shape index (κ3) is 4.81. The van der Waals surface area contributed by atoms with Crippen LogP contribution in [-0.2, 0) is 11.2 Å². The maximum atomic E-state index is 12.1. The summed E-state index contributed by atoms with van der Waals surface area (Å²) in [5.41, 5.74) is 7.52. The van der Waals surface area contributed by atoms with Gasteiger partial charge in [0.1, 0.15) is 0 Å². The van der Waals surface area contributed by atoms with Crippen LogP contribution in [0.3, 0.4) is 0 Å². The highest BCUT2D eigenvalue weighted by molar-refractivity contribution is 9.10. The normalized spacial score (nSPS) is 12.0. The number of aryl methyl sites for hydroxylation is 1. The smallest absolute Gasteiger partial charge is 0.241 e. The monoisotopic (exact) mass is 367 g/mol. The minimum Gasteiger partial charge on any atom is -0.322 e. The molecule has 0 unspecified atom stereocenters. The Morgan fingerprint density at radius 3 is 2.81 bits per heavy atom. The van der Waals surface area contributed by atoms with Crippen molar-refractivity contribution in [3.05, 3.63) is 57.8 Å². The first-order valence-corrected chi connectivity index (χ1v) is 7.65. The highest BCUT2D eigenvalue weighted by Gasteiger charge is 2.15. The Morgan fingerprint density at radius 1 is 1.38 bits per heavy atom. The summed E-state index contributed by atoms with van der Waals surface area (Å²) in [6.45, 7) is 0. The predicted molar refractivity (Wildman–Crippen MR) is 88.3 cm³/mol. The molecule has 0 saturated heterocycles. The van der Waals surface area contributed by atoms with Crippen LogP contribution in [0.4, 0.5) is 5.69 Å². The molecule has 4 nitrogen and oxygen atoms in total. The Kier molecular flexibility index (Phi) is 5.73. The van der Waals surface area contributed by atoms with Crippen LogP contribution in [0, 0.1) is 0 Å². The van der Waals surface area contributed by atoms with E-state index in [1.165, 1.54) is 0 Å². The van der Waals surface area contributed by atoms with Crippen molar-refractivity contribution >= 4 is 39.1 Å². The van der Waals surface area contributed by atoms with Gasteiger partial charge in [0.25, 0.3) is 0 Å². The van der Waals surface area contributed by atoms with Crippen LogP contribution < -0.4 is 11.1 Å². The summed E-state index contributed by atoms with van der Waals surface area (Å²) in [5.74, 6) is -0.271. The van der Waals surface area contributed by atoms with Gasteiger partial charge in [-0.05, 0) is 40.4 Å². The number of hydrogen-bond acceptors (Lipinski definition) is 3. The number of anilines is 1. The molecule has 1 amide bonds. The SMILES string of the molecule is N[C@@H](CCc1ccccc1)C(=O)Nc1cc(Br)cnc1Cl. The van der Waals surface area contributed by atoms with E-state index < -0.39 is 6.04 Å². The van der Waals surface area contributed by atoms with Gasteiger partial charge in [0.2, 0.25) is 5.91 Å². The van der Waals surface area contributed by atoms with Gasteiger partial charge in [-0.1, -0.05) is 41.9 Å². The van der Waals surface area contributed by atoms with Crippen LogP contribution in [0.1, 0.15) is 12.0 Å². The Morgan fingerprint density at radius 2 is 2.10 bits per heavy atom. The maximum absolute atomic E-state index is 12.1. The Labute approximate surface area is 136 Å². The van der Waals surface area contributed by atoms with E-state index in [-0.39, 0.29) is 11.1 Å².